The van der Waals surface area contributed by atoms with Crippen LogP contribution in [-0.2, 0) is 17.8 Å². The van der Waals surface area contributed by atoms with E-state index < -0.39 is 5.54 Å². The Morgan fingerprint density at radius 3 is 2.67 bits per heavy atom. The fraction of sp³-hybridized carbons (Fsp3) is 0.481. The van der Waals surface area contributed by atoms with Gasteiger partial charge in [0, 0.05) is 11.7 Å². The van der Waals surface area contributed by atoms with Gasteiger partial charge in [0.05, 0.1) is 16.8 Å². The van der Waals surface area contributed by atoms with Crippen LogP contribution in [0.15, 0.2) is 41.8 Å². The summed E-state index contributed by atoms with van der Waals surface area (Å²) in [6.45, 7) is 8.99. The first-order chi connectivity index (χ1) is 15.8. The van der Waals surface area contributed by atoms with Gasteiger partial charge in [0.25, 0.3) is 5.91 Å². The van der Waals surface area contributed by atoms with Gasteiger partial charge >= 0.3 is 0 Å². The third-order valence-electron chi connectivity index (χ3n) is 8.02. The number of rotatable bonds is 4. The Morgan fingerprint density at radius 1 is 1.18 bits per heavy atom. The molecule has 1 aliphatic carbocycles. The van der Waals surface area contributed by atoms with Gasteiger partial charge in [0.15, 0.2) is 0 Å². The second-order valence-electron chi connectivity index (χ2n) is 10.1. The molecule has 0 bridgehead atoms. The molecule has 5 rings (SSSR count). The maximum absolute atomic E-state index is 14.0. The number of aromatic nitrogens is 1. The zero-order valence-corrected chi connectivity index (χ0v) is 20.7. The van der Waals surface area contributed by atoms with Gasteiger partial charge in [0.2, 0.25) is 5.91 Å². The second kappa shape index (κ2) is 8.32. The summed E-state index contributed by atoms with van der Waals surface area (Å²) >= 11 is 1.63. The lowest BCUT2D eigenvalue weighted by Gasteiger charge is -2.45. The molecule has 0 spiro atoms. The summed E-state index contributed by atoms with van der Waals surface area (Å²) in [7, 11) is 0. The minimum Gasteiger partial charge on any atom is -0.351 e. The molecule has 1 N–H and O–H groups in total. The normalized spacial score (nSPS) is 27.6. The van der Waals surface area contributed by atoms with Crippen molar-refractivity contribution in [3.05, 3.63) is 53.0 Å². The van der Waals surface area contributed by atoms with Gasteiger partial charge in [-0.25, -0.2) is 0 Å². The zero-order chi connectivity index (χ0) is 23.3. The molecule has 4 atom stereocenters. The number of benzene rings is 1. The lowest BCUT2D eigenvalue weighted by atomic mass is 9.77. The average Bonchev–Trinajstić information content (AvgIpc) is 3.40. The number of carbonyl (C=O) groups is 2. The van der Waals surface area contributed by atoms with Gasteiger partial charge in [0.1, 0.15) is 11.2 Å². The number of thiophene rings is 1. The molecular weight excluding hydrogens is 430 g/mol. The number of aryl methyl sites for hydroxylation is 1. The molecule has 3 heterocycles. The van der Waals surface area contributed by atoms with Crippen LogP contribution in [0.5, 0.6) is 0 Å². The van der Waals surface area contributed by atoms with E-state index in [1.807, 2.05) is 41.1 Å². The molecule has 1 aliphatic heterocycles. The molecule has 0 radical (unpaired) electrons. The molecule has 0 saturated heterocycles. The first kappa shape index (κ1) is 22.2. The summed E-state index contributed by atoms with van der Waals surface area (Å²) in [6.07, 6.45) is 4.27. The van der Waals surface area contributed by atoms with E-state index in [2.05, 4.69) is 38.2 Å². The molecule has 5 nitrogen and oxygen atoms in total. The largest absolute Gasteiger partial charge is 0.351 e. The van der Waals surface area contributed by atoms with Gasteiger partial charge in [-0.05, 0) is 66.8 Å². The number of carbonyl (C=O) groups excluding carboxylic acids is 2. The first-order valence-corrected chi connectivity index (χ1v) is 13.0. The summed E-state index contributed by atoms with van der Waals surface area (Å²) in [4.78, 5) is 29.6. The number of anilines is 1. The van der Waals surface area contributed by atoms with Crippen LogP contribution < -0.4 is 10.2 Å². The van der Waals surface area contributed by atoms with Crippen LogP contribution in [0.1, 0.15) is 63.0 Å². The van der Waals surface area contributed by atoms with E-state index in [-0.39, 0.29) is 17.9 Å². The Kier molecular flexibility index (Phi) is 5.60. The predicted octanol–water partition coefficient (Wildman–Crippen LogP) is 5.63. The topological polar surface area (TPSA) is 54.3 Å². The summed E-state index contributed by atoms with van der Waals surface area (Å²) in [6, 6.07) is 12.2. The Balaban J connectivity index is 1.57. The number of fused-ring (bicyclic) bond motifs is 3. The van der Waals surface area contributed by atoms with Gasteiger partial charge in [-0.3, -0.25) is 14.5 Å². The van der Waals surface area contributed by atoms with E-state index in [0.717, 1.165) is 35.2 Å². The van der Waals surface area contributed by atoms with Crippen LogP contribution in [0.3, 0.4) is 0 Å². The number of nitrogens with one attached hydrogen (secondary N) is 1. The van der Waals surface area contributed by atoms with E-state index in [9.17, 15) is 9.59 Å². The molecule has 1 fully saturated rings. The molecule has 6 heteroatoms. The Morgan fingerprint density at radius 2 is 1.94 bits per heavy atom. The fourth-order valence-corrected chi connectivity index (χ4v) is 6.43. The number of hydrogen-bond acceptors (Lipinski definition) is 3. The Labute approximate surface area is 199 Å². The Hall–Kier alpha value is -2.60. The van der Waals surface area contributed by atoms with Crippen LogP contribution in [0.2, 0.25) is 0 Å². The average molecular weight is 464 g/mol. The van der Waals surface area contributed by atoms with Crippen molar-refractivity contribution < 1.29 is 9.59 Å². The highest BCUT2D eigenvalue weighted by molar-refractivity contribution is 7.17. The van der Waals surface area contributed by atoms with E-state index >= 15 is 0 Å². The van der Waals surface area contributed by atoms with Gasteiger partial charge < -0.3 is 9.88 Å². The van der Waals surface area contributed by atoms with Crippen molar-refractivity contribution in [2.75, 3.05) is 4.90 Å². The lowest BCUT2D eigenvalue weighted by Crippen LogP contribution is -2.66. The summed E-state index contributed by atoms with van der Waals surface area (Å²) in [5.41, 5.74) is 2.65. The highest BCUT2D eigenvalue weighted by Crippen LogP contribution is 2.38. The molecule has 1 saturated carbocycles. The van der Waals surface area contributed by atoms with Crippen molar-refractivity contribution in [1.29, 1.82) is 0 Å². The van der Waals surface area contributed by atoms with Crippen LogP contribution in [-0.4, -0.2) is 28.0 Å². The molecule has 174 valence electrons. The van der Waals surface area contributed by atoms with Crippen molar-refractivity contribution >= 4 is 39.1 Å². The smallest absolute Gasteiger partial charge is 0.275 e. The molecule has 33 heavy (non-hydrogen) atoms. The second-order valence-corrected chi connectivity index (χ2v) is 11.0. The van der Waals surface area contributed by atoms with Crippen molar-refractivity contribution in [2.24, 2.45) is 11.8 Å². The van der Waals surface area contributed by atoms with Crippen molar-refractivity contribution in [1.82, 2.24) is 9.88 Å². The van der Waals surface area contributed by atoms with E-state index in [0.29, 0.717) is 24.1 Å². The van der Waals surface area contributed by atoms with Crippen LogP contribution in [0.25, 0.3) is 10.2 Å². The molecule has 2 aliphatic rings. The standard InChI is InChI=1S/C27H33N3O2S/c1-5-19-9-11-20(12-10-19)30-25(31)23-15-24-22(13-14-33-24)29(23)16-27(30,4)26(32)28-21-8-6-7-17(2)18(21)3/h9-15,17-18,21H,5-8,16H2,1-4H3,(H,28,32). The van der Waals surface area contributed by atoms with Gasteiger partial charge in [-0.2, -0.15) is 0 Å². The molecule has 2 amide bonds. The molecule has 1 aromatic carbocycles. The minimum absolute atomic E-state index is 0.0657. The van der Waals surface area contributed by atoms with E-state index in [1.165, 1.54) is 12.0 Å². The van der Waals surface area contributed by atoms with Gasteiger partial charge in [-0.1, -0.05) is 45.7 Å². The summed E-state index contributed by atoms with van der Waals surface area (Å²) in [5.74, 6) is 0.832. The summed E-state index contributed by atoms with van der Waals surface area (Å²) in [5, 5.41) is 5.42. The SMILES string of the molecule is CCc1ccc(N2C(=O)c3cc4sccc4n3CC2(C)C(=O)NC2CCCC(C)C2C)cc1. The third kappa shape index (κ3) is 3.59. The zero-order valence-electron chi connectivity index (χ0n) is 19.9. The van der Waals surface area contributed by atoms with Crippen molar-refractivity contribution in [3.8, 4) is 0 Å². The quantitative estimate of drug-likeness (QED) is 0.546. The van der Waals surface area contributed by atoms with Crippen LogP contribution >= 0.6 is 11.3 Å². The number of nitrogens with zero attached hydrogens (tertiary/aromatic N) is 2. The third-order valence-corrected chi connectivity index (χ3v) is 8.87. The maximum atomic E-state index is 14.0. The van der Waals surface area contributed by atoms with Crippen LogP contribution in [0, 0.1) is 11.8 Å². The van der Waals surface area contributed by atoms with E-state index in [1.54, 1.807) is 16.2 Å². The number of hydrogen-bond donors (Lipinski definition) is 1. The Bertz CT molecular complexity index is 1190. The molecule has 2 aromatic heterocycles. The van der Waals surface area contributed by atoms with Gasteiger partial charge in [-0.15, -0.1) is 11.3 Å². The van der Waals surface area contributed by atoms with E-state index in [4.69, 9.17) is 0 Å². The van der Waals surface area contributed by atoms with Crippen LogP contribution in [0.4, 0.5) is 5.69 Å². The highest BCUT2D eigenvalue weighted by atomic mass is 32.1. The minimum atomic E-state index is -1.02. The maximum Gasteiger partial charge on any atom is 0.275 e. The molecular formula is C27H33N3O2S. The predicted molar refractivity (Wildman–Crippen MR) is 135 cm³/mol. The lowest BCUT2D eigenvalue weighted by molar-refractivity contribution is -0.128. The molecule has 4 unspecified atom stereocenters. The highest BCUT2D eigenvalue weighted by Gasteiger charge is 2.49. The number of amides is 2. The fourth-order valence-electron chi connectivity index (χ4n) is 5.61. The molecule has 3 aromatic rings. The summed E-state index contributed by atoms with van der Waals surface area (Å²) < 4.78 is 3.12. The van der Waals surface area contributed by atoms with Crippen molar-refractivity contribution in [3.63, 3.8) is 0 Å². The monoisotopic (exact) mass is 463 g/mol. The first-order valence-electron chi connectivity index (χ1n) is 12.1. The van der Waals surface area contributed by atoms with Crippen molar-refractivity contribution in [2.45, 2.75) is 71.5 Å².